The molecule has 1 aliphatic rings. The number of urea groups is 1. The van der Waals surface area contributed by atoms with Crippen LogP contribution in [0.3, 0.4) is 0 Å². The molecular formula is C23H40N6O7. The molecule has 0 aromatic heterocycles. The first-order chi connectivity index (χ1) is 16.7. The predicted octanol–water partition coefficient (Wildman–Crippen LogP) is -0.367. The normalized spacial score (nSPS) is 17.1. The molecular weight excluding hydrogens is 472 g/mol. The summed E-state index contributed by atoms with van der Waals surface area (Å²) < 4.78 is 4.84. The number of nitrogens with zero attached hydrogens (tertiary/aromatic N) is 1. The third-order valence-electron chi connectivity index (χ3n) is 5.79. The van der Waals surface area contributed by atoms with Crippen molar-refractivity contribution < 1.29 is 33.5 Å². The van der Waals surface area contributed by atoms with Crippen LogP contribution in [0.15, 0.2) is 0 Å². The minimum atomic E-state index is -1.16. The van der Waals surface area contributed by atoms with Gasteiger partial charge in [-0.15, -0.1) is 0 Å². The number of alkyl carbamates (subject to hydrolysis) is 1. The molecule has 3 unspecified atom stereocenters. The van der Waals surface area contributed by atoms with Gasteiger partial charge >= 0.3 is 12.1 Å². The molecule has 0 aliphatic carbocycles. The number of Topliss-reactive ketones (excluding diaryl/α,β-unsaturated/α-hetero) is 1. The number of carbonyl (C=O) groups excluding carboxylic acids is 6. The van der Waals surface area contributed by atoms with Crippen LogP contribution in [0.25, 0.3) is 0 Å². The molecule has 0 spiro atoms. The van der Waals surface area contributed by atoms with Crippen molar-refractivity contribution >= 4 is 35.6 Å². The maximum atomic E-state index is 13.5. The van der Waals surface area contributed by atoms with Crippen molar-refractivity contribution in [3.63, 3.8) is 0 Å². The van der Waals surface area contributed by atoms with E-state index in [0.717, 1.165) is 0 Å². The number of nitrogens with two attached hydrogens (primary N) is 1. The van der Waals surface area contributed by atoms with Crippen LogP contribution in [-0.4, -0.2) is 84.9 Å². The van der Waals surface area contributed by atoms with Gasteiger partial charge in [-0.2, -0.15) is 0 Å². The number of hydrogen-bond acceptors (Lipinski definition) is 7. The van der Waals surface area contributed by atoms with Crippen LogP contribution in [0, 0.1) is 11.3 Å². The van der Waals surface area contributed by atoms with Crippen LogP contribution in [0.2, 0.25) is 0 Å². The van der Waals surface area contributed by atoms with Gasteiger partial charge < -0.3 is 36.6 Å². The van der Waals surface area contributed by atoms with E-state index in [1.807, 2.05) is 13.8 Å². The second kappa shape index (κ2) is 13.6. The average molecular weight is 513 g/mol. The molecule has 13 nitrogen and oxygen atoms in total. The van der Waals surface area contributed by atoms with E-state index in [4.69, 9.17) is 10.5 Å². The summed E-state index contributed by atoms with van der Waals surface area (Å²) in [7, 11) is 0. The summed E-state index contributed by atoms with van der Waals surface area (Å²) >= 11 is 0. The van der Waals surface area contributed by atoms with Gasteiger partial charge in [0.1, 0.15) is 12.1 Å². The van der Waals surface area contributed by atoms with E-state index in [-0.39, 0.29) is 19.1 Å². The van der Waals surface area contributed by atoms with Crippen molar-refractivity contribution in [1.29, 1.82) is 0 Å². The van der Waals surface area contributed by atoms with Crippen molar-refractivity contribution in [2.45, 2.75) is 72.5 Å². The van der Waals surface area contributed by atoms with Crippen LogP contribution in [0.5, 0.6) is 0 Å². The minimum Gasteiger partial charge on any atom is -0.450 e. The zero-order chi connectivity index (χ0) is 27.6. The first-order valence-electron chi connectivity index (χ1n) is 12.1. The lowest BCUT2D eigenvalue weighted by molar-refractivity contribution is -0.142. The number of amides is 6. The van der Waals surface area contributed by atoms with Gasteiger partial charge in [0.15, 0.2) is 0 Å². The van der Waals surface area contributed by atoms with Gasteiger partial charge in [-0.05, 0) is 31.1 Å². The molecule has 0 saturated carbocycles. The third-order valence-corrected chi connectivity index (χ3v) is 5.79. The van der Waals surface area contributed by atoms with Crippen molar-refractivity contribution in [2.75, 3.05) is 26.2 Å². The zero-order valence-electron chi connectivity index (χ0n) is 21.9. The van der Waals surface area contributed by atoms with E-state index in [9.17, 15) is 28.8 Å². The number of hydrogen-bond donors (Lipinski definition) is 5. The van der Waals surface area contributed by atoms with Crippen molar-refractivity contribution in [2.24, 2.45) is 17.1 Å². The lowest BCUT2D eigenvalue weighted by Crippen LogP contribution is -2.60. The maximum absolute atomic E-state index is 13.5. The smallest absolute Gasteiger partial charge is 0.407 e. The summed E-state index contributed by atoms with van der Waals surface area (Å²) in [4.78, 5) is 74.3. The van der Waals surface area contributed by atoms with E-state index >= 15 is 0 Å². The molecule has 6 N–H and O–H groups in total. The standard InChI is InChI=1S/C23H40N6O7/c1-7-36-22(35)26-11-14(13(2)3)27-21(34)28-17(23(4,5)6)20(33)29-10-8-9-15(29)19(32)25-12-16(30)18(24)31/h13-15,17H,7-12H2,1-6H3,(H2,24,31)(H,25,32)(H,26,35)(H2,27,28,34). The van der Waals surface area contributed by atoms with Crippen molar-refractivity contribution in [1.82, 2.24) is 26.2 Å². The Kier molecular flexibility index (Phi) is 11.6. The topological polar surface area (TPSA) is 189 Å². The average Bonchev–Trinajstić information content (AvgIpc) is 3.27. The number of rotatable bonds is 11. The number of primary amides is 1. The molecule has 36 heavy (non-hydrogen) atoms. The first-order valence-corrected chi connectivity index (χ1v) is 12.1. The van der Waals surface area contributed by atoms with Gasteiger partial charge in [0.2, 0.25) is 17.6 Å². The van der Waals surface area contributed by atoms with Crippen LogP contribution in [0.4, 0.5) is 9.59 Å². The van der Waals surface area contributed by atoms with E-state index in [0.29, 0.717) is 19.4 Å². The molecule has 0 aromatic carbocycles. The highest BCUT2D eigenvalue weighted by molar-refractivity contribution is 6.36. The third kappa shape index (κ3) is 9.34. The van der Waals surface area contributed by atoms with Crippen LogP contribution in [-0.2, 0) is 23.9 Å². The molecule has 204 valence electrons. The number of likely N-dealkylation sites (tertiary alicyclic amines) is 1. The summed E-state index contributed by atoms with van der Waals surface area (Å²) in [5.74, 6) is -3.15. The van der Waals surface area contributed by atoms with E-state index < -0.39 is 65.7 Å². The highest BCUT2D eigenvalue weighted by atomic mass is 16.5. The fourth-order valence-electron chi connectivity index (χ4n) is 3.66. The van der Waals surface area contributed by atoms with Crippen LogP contribution >= 0.6 is 0 Å². The molecule has 13 heteroatoms. The molecule has 1 saturated heterocycles. The van der Waals surface area contributed by atoms with Gasteiger partial charge in [0.25, 0.3) is 5.91 Å². The fraction of sp³-hybridized carbons (Fsp3) is 0.739. The SMILES string of the molecule is CCOC(=O)NCC(NC(=O)NC(C(=O)N1CCCC1C(=O)NCC(=O)C(N)=O)C(C)(C)C)C(C)C. The molecule has 1 heterocycles. The second-order valence-corrected chi connectivity index (χ2v) is 10.1. The van der Waals surface area contributed by atoms with Gasteiger partial charge in [-0.25, -0.2) is 9.59 Å². The number of nitrogens with one attached hydrogen (secondary N) is 4. The summed E-state index contributed by atoms with van der Waals surface area (Å²) in [6.07, 6.45) is 0.343. The first kappa shape index (κ1) is 30.7. The largest absolute Gasteiger partial charge is 0.450 e. The van der Waals surface area contributed by atoms with E-state index in [2.05, 4.69) is 21.3 Å². The summed E-state index contributed by atoms with van der Waals surface area (Å²) in [5.41, 5.74) is 4.21. The quantitative estimate of drug-likeness (QED) is 0.233. The molecule has 0 radical (unpaired) electrons. The highest BCUT2D eigenvalue weighted by Gasteiger charge is 2.42. The second-order valence-electron chi connectivity index (χ2n) is 10.1. The summed E-state index contributed by atoms with van der Waals surface area (Å²) in [6, 6.07) is -2.84. The van der Waals surface area contributed by atoms with Crippen molar-refractivity contribution in [3.8, 4) is 0 Å². The molecule has 1 aliphatic heterocycles. The Balaban J connectivity index is 2.90. The lowest BCUT2D eigenvalue weighted by atomic mass is 9.85. The Labute approximate surface area is 211 Å². The minimum absolute atomic E-state index is 0.0313. The number of ether oxygens (including phenoxy) is 1. The van der Waals surface area contributed by atoms with Gasteiger partial charge in [0.05, 0.1) is 19.2 Å². The van der Waals surface area contributed by atoms with Crippen LogP contribution in [0.1, 0.15) is 54.4 Å². The Morgan fingerprint density at radius 1 is 1.06 bits per heavy atom. The summed E-state index contributed by atoms with van der Waals surface area (Å²) in [6.45, 7) is 10.9. The molecule has 0 aromatic rings. The Hall–Kier alpha value is -3.38. The van der Waals surface area contributed by atoms with Crippen molar-refractivity contribution in [3.05, 3.63) is 0 Å². The molecule has 3 atom stereocenters. The Bertz CT molecular complexity index is 839. The fourth-order valence-corrected chi connectivity index (χ4v) is 3.66. The molecule has 1 rings (SSSR count). The van der Waals surface area contributed by atoms with E-state index in [1.165, 1.54) is 4.90 Å². The number of ketones is 1. The predicted molar refractivity (Wildman–Crippen MR) is 131 cm³/mol. The Morgan fingerprint density at radius 2 is 1.69 bits per heavy atom. The highest BCUT2D eigenvalue weighted by Crippen LogP contribution is 2.26. The molecule has 6 amide bonds. The maximum Gasteiger partial charge on any atom is 0.407 e. The Morgan fingerprint density at radius 3 is 2.22 bits per heavy atom. The van der Waals surface area contributed by atoms with Gasteiger partial charge in [-0.3, -0.25) is 19.2 Å². The molecule has 0 bridgehead atoms. The summed E-state index contributed by atoms with van der Waals surface area (Å²) in [5, 5.41) is 10.5. The monoisotopic (exact) mass is 512 g/mol. The lowest BCUT2D eigenvalue weighted by Gasteiger charge is -2.36. The number of carbonyl (C=O) groups is 6. The molecule has 1 fully saturated rings. The zero-order valence-corrected chi connectivity index (χ0v) is 21.9. The van der Waals surface area contributed by atoms with E-state index in [1.54, 1.807) is 27.7 Å². The van der Waals surface area contributed by atoms with Gasteiger partial charge in [-0.1, -0.05) is 34.6 Å². The van der Waals surface area contributed by atoms with Gasteiger partial charge in [0, 0.05) is 13.1 Å². The van der Waals surface area contributed by atoms with Crippen LogP contribution < -0.4 is 27.0 Å².